The van der Waals surface area contributed by atoms with Crippen LogP contribution in [-0.2, 0) is 11.3 Å². The van der Waals surface area contributed by atoms with E-state index < -0.39 is 0 Å². The minimum atomic E-state index is -0.316. The van der Waals surface area contributed by atoms with Gasteiger partial charge >= 0.3 is 5.97 Å². The van der Waals surface area contributed by atoms with Crippen molar-refractivity contribution in [1.29, 1.82) is 0 Å². The Morgan fingerprint density at radius 2 is 2.00 bits per heavy atom. The molecule has 0 atom stereocenters. The molecule has 1 aromatic rings. The van der Waals surface area contributed by atoms with Crippen LogP contribution in [0.5, 0.6) is 0 Å². The van der Waals surface area contributed by atoms with E-state index in [9.17, 15) is 4.79 Å². The quantitative estimate of drug-likeness (QED) is 0.312. The summed E-state index contributed by atoms with van der Waals surface area (Å²) in [5.74, 6) is 4.95. The minimum absolute atomic E-state index is 0. The molecule has 0 amide bonds. The number of carbonyl (C=O) groups excluding carboxylic acids is 1. The number of benzene rings is 1. The summed E-state index contributed by atoms with van der Waals surface area (Å²) in [4.78, 5) is 11.0. The van der Waals surface area contributed by atoms with E-state index in [2.05, 4.69) is 4.74 Å². The molecule has 0 aliphatic heterocycles. The molecule has 0 spiro atoms. The van der Waals surface area contributed by atoms with Gasteiger partial charge in [-0.2, -0.15) is 5.84 Å². The van der Waals surface area contributed by atoms with Crippen molar-refractivity contribution in [1.82, 2.24) is 0 Å². The highest BCUT2D eigenvalue weighted by Gasteiger charge is 2.03. The summed E-state index contributed by atoms with van der Waals surface area (Å²) in [5, 5.41) is 0. The first-order valence-electron chi connectivity index (χ1n) is 3.98. The van der Waals surface area contributed by atoms with Crippen molar-refractivity contribution in [2.45, 2.75) is 6.54 Å². The maximum atomic E-state index is 11.0. The molecule has 0 heterocycles. The van der Waals surface area contributed by atoms with E-state index in [0.29, 0.717) is 12.1 Å². The lowest BCUT2D eigenvalue weighted by atomic mass is 10.1. The lowest BCUT2D eigenvalue weighted by molar-refractivity contribution is -0.683. The van der Waals surface area contributed by atoms with Gasteiger partial charge < -0.3 is 17.1 Å². The van der Waals surface area contributed by atoms with Crippen molar-refractivity contribution in [3.63, 3.8) is 0 Å². The van der Waals surface area contributed by atoms with Crippen molar-refractivity contribution in [3.8, 4) is 0 Å². The van der Waals surface area contributed by atoms with Gasteiger partial charge in [0, 0.05) is 5.56 Å². The van der Waals surface area contributed by atoms with Gasteiger partial charge in [0.1, 0.15) is 6.54 Å². The highest BCUT2D eigenvalue weighted by Crippen LogP contribution is 2.04. The fourth-order valence-electron chi connectivity index (χ4n) is 1.03. The van der Waals surface area contributed by atoms with Crippen LogP contribution >= 0.6 is 0 Å². The summed E-state index contributed by atoms with van der Waals surface area (Å²) in [6.45, 7) is 0.710. The van der Waals surface area contributed by atoms with E-state index in [4.69, 9.17) is 5.84 Å². The van der Waals surface area contributed by atoms with Gasteiger partial charge in [0.15, 0.2) is 0 Å². The van der Waals surface area contributed by atoms with Crippen LogP contribution in [-0.4, -0.2) is 13.1 Å². The molecule has 0 unspecified atom stereocenters. The van der Waals surface area contributed by atoms with Gasteiger partial charge in [-0.25, -0.2) is 4.79 Å². The fraction of sp³-hybridized carbons (Fsp3) is 0.222. The molecular weight excluding hydrogens is 204 g/mol. The van der Waals surface area contributed by atoms with Gasteiger partial charge in [-0.1, -0.05) is 12.1 Å². The fourth-order valence-corrected chi connectivity index (χ4v) is 1.03. The molecule has 0 saturated carbocycles. The van der Waals surface area contributed by atoms with Crippen LogP contribution in [0.25, 0.3) is 0 Å². The maximum absolute atomic E-state index is 11.0. The predicted octanol–water partition coefficient (Wildman–Crippen LogP) is -3.59. The lowest BCUT2D eigenvalue weighted by Crippen LogP contribution is -3.00. The molecule has 0 bridgehead atoms. The molecule has 14 heavy (non-hydrogen) atoms. The van der Waals surface area contributed by atoms with Crippen LogP contribution < -0.4 is 23.7 Å². The third-order valence-electron chi connectivity index (χ3n) is 1.73. The number of halogens is 1. The third kappa shape index (κ3) is 3.33. The highest BCUT2D eigenvalue weighted by molar-refractivity contribution is 5.89. The molecule has 0 aliphatic carbocycles. The second kappa shape index (κ2) is 6.37. The van der Waals surface area contributed by atoms with Crippen molar-refractivity contribution in [2.24, 2.45) is 5.84 Å². The van der Waals surface area contributed by atoms with Crippen LogP contribution in [0.4, 0.5) is 0 Å². The van der Waals surface area contributed by atoms with Crippen LogP contribution in [0, 0.1) is 0 Å². The van der Waals surface area contributed by atoms with Gasteiger partial charge in [-0.05, 0) is 12.1 Å². The van der Waals surface area contributed by atoms with Crippen molar-refractivity contribution < 1.29 is 27.4 Å². The standard InChI is InChI=1S/C9H12N2O2.ClH/c1-13-9(12)8-4-2-7(3-5-8)6-11-10;/h2-5,11H,6,10H2,1H3;1H. The Labute approximate surface area is 88.8 Å². The second-order valence-electron chi connectivity index (χ2n) is 2.63. The van der Waals surface area contributed by atoms with Crippen molar-refractivity contribution in [3.05, 3.63) is 35.4 Å². The number of esters is 1. The molecule has 0 aromatic heterocycles. The first kappa shape index (κ1) is 12.9. The monoisotopic (exact) mass is 216 g/mol. The maximum Gasteiger partial charge on any atom is 0.337 e. The Morgan fingerprint density at radius 3 is 2.43 bits per heavy atom. The van der Waals surface area contributed by atoms with E-state index in [1.807, 2.05) is 12.1 Å². The Kier molecular flexibility index (Phi) is 5.87. The molecule has 0 aliphatic rings. The van der Waals surface area contributed by atoms with E-state index in [1.54, 1.807) is 17.6 Å². The summed E-state index contributed by atoms with van der Waals surface area (Å²) in [5.41, 5.74) is 3.21. The average Bonchev–Trinajstić information content (AvgIpc) is 2.18. The Bertz CT molecular complexity index is 287. The number of nitrogens with two attached hydrogens (primary N) is 2. The summed E-state index contributed by atoms with van der Waals surface area (Å²) in [6, 6.07) is 7.17. The first-order chi connectivity index (χ1) is 6.27. The van der Waals surface area contributed by atoms with Gasteiger partial charge in [-0.3, -0.25) is 5.43 Å². The van der Waals surface area contributed by atoms with Crippen LogP contribution in [0.3, 0.4) is 0 Å². The zero-order valence-corrected chi connectivity index (χ0v) is 8.62. The zero-order chi connectivity index (χ0) is 9.68. The van der Waals surface area contributed by atoms with E-state index >= 15 is 0 Å². The van der Waals surface area contributed by atoms with Crippen LogP contribution in [0.1, 0.15) is 15.9 Å². The number of hydrogen-bond donors (Lipinski definition) is 2. The van der Waals surface area contributed by atoms with E-state index in [0.717, 1.165) is 5.56 Å². The Morgan fingerprint density at radius 1 is 1.43 bits per heavy atom. The number of ether oxygens (including phenoxy) is 1. The lowest BCUT2D eigenvalue weighted by Gasteiger charge is -2.00. The topological polar surface area (TPSA) is 68.9 Å². The summed E-state index contributed by atoms with van der Waals surface area (Å²) >= 11 is 0. The zero-order valence-electron chi connectivity index (χ0n) is 7.87. The number of quaternary nitrogens is 1. The highest BCUT2D eigenvalue weighted by atomic mass is 35.5. The van der Waals surface area contributed by atoms with Gasteiger partial charge in [-0.15, -0.1) is 0 Å². The Balaban J connectivity index is 0.00000169. The molecule has 5 heteroatoms. The van der Waals surface area contributed by atoms with E-state index in [1.165, 1.54) is 7.11 Å². The number of rotatable bonds is 3. The summed E-state index contributed by atoms with van der Waals surface area (Å²) in [7, 11) is 1.36. The van der Waals surface area contributed by atoms with Gasteiger partial charge in [0.2, 0.25) is 0 Å². The predicted molar refractivity (Wildman–Crippen MR) is 47.6 cm³/mol. The number of carbonyl (C=O) groups is 1. The van der Waals surface area contributed by atoms with Crippen LogP contribution in [0.15, 0.2) is 24.3 Å². The normalized spacial score (nSPS) is 9.00. The molecule has 78 valence electrons. The minimum Gasteiger partial charge on any atom is -1.00 e. The summed E-state index contributed by atoms with van der Waals surface area (Å²) in [6.07, 6.45) is 0. The number of methoxy groups -OCH3 is 1. The smallest absolute Gasteiger partial charge is 0.337 e. The molecular formula is C9H13ClN2O2. The van der Waals surface area contributed by atoms with Crippen LogP contribution in [0.2, 0.25) is 0 Å². The van der Waals surface area contributed by atoms with Crippen molar-refractivity contribution in [2.75, 3.05) is 7.11 Å². The molecule has 4 nitrogen and oxygen atoms in total. The molecule has 0 radical (unpaired) electrons. The molecule has 0 saturated heterocycles. The van der Waals surface area contributed by atoms with Gasteiger partial charge in [0.05, 0.1) is 12.7 Å². The number of hydrogen-bond acceptors (Lipinski definition) is 3. The second-order valence-corrected chi connectivity index (χ2v) is 2.63. The molecule has 0 fully saturated rings. The Hall–Kier alpha value is -1.10. The molecule has 1 rings (SSSR count). The molecule has 1 aromatic carbocycles. The van der Waals surface area contributed by atoms with Crippen molar-refractivity contribution >= 4 is 5.97 Å². The SMILES string of the molecule is COC(=O)c1ccc(C[NH2+]N)cc1.[Cl-]. The van der Waals surface area contributed by atoms with Gasteiger partial charge in [0.25, 0.3) is 0 Å². The van der Waals surface area contributed by atoms with E-state index in [-0.39, 0.29) is 18.4 Å². The third-order valence-corrected chi connectivity index (χ3v) is 1.73. The summed E-state index contributed by atoms with van der Waals surface area (Å²) < 4.78 is 4.56. The molecule has 4 N–H and O–H groups in total. The average molecular weight is 217 g/mol. The first-order valence-corrected chi connectivity index (χ1v) is 3.98. The largest absolute Gasteiger partial charge is 1.00 e.